The van der Waals surface area contributed by atoms with Gasteiger partial charge in [0.2, 0.25) is 5.88 Å². The van der Waals surface area contributed by atoms with Crippen LogP contribution in [0.1, 0.15) is 25.2 Å². The van der Waals surface area contributed by atoms with E-state index in [0.29, 0.717) is 29.3 Å². The van der Waals surface area contributed by atoms with Crippen molar-refractivity contribution < 1.29 is 13.5 Å². The van der Waals surface area contributed by atoms with Crippen molar-refractivity contribution in [1.82, 2.24) is 14.5 Å². The normalized spacial score (nSPS) is 12.6. The van der Waals surface area contributed by atoms with Crippen LogP contribution in [0.5, 0.6) is 5.88 Å². The molecule has 0 saturated carbocycles. The monoisotopic (exact) mass is 318 g/mol. The van der Waals surface area contributed by atoms with E-state index in [1.165, 1.54) is 19.2 Å². The van der Waals surface area contributed by atoms with E-state index in [-0.39, 0.29) is 11.7 Å². The average molecular weight is 318 g/mol. The molecule has 3 rings (SSSR count). The second kappa shape index (κ2) is 5.92. The number of imidazole rings is 1. The van der Waals surface area contributed by atoms with Gasteiger partial charge in [0.1, 0.15) is 23.0 Å². The number of aromatic nitrogens is 3. The van der Waals surface area contributed by atoms with Gasteiger partial charge in [0.25, 0.3) is 0 Å². The smallest absolute Gasteiger partial charge is 0.215 e. The van der Waals surface area contributed by atoms with Gasteiger partial charge in [-0.3, -0.25) is 4.57 Å². The first-order valence-corrected chi connectivity index (χ1v) is 7.19. The van der Waals surface area contributed by atoms with E-state index in [9.17, 15) is 8.78 Å². The number of benzene rings is 1. The maximum atomic E-state index is 13.6. The number of rotatable bonds is 4. The van der Waals surface area contributed by atoms with Crippen LogP contribution >= 0.6 is 0 Å². The molecule has 0 aliphatic heterocycles. The van der Waals surface area contributed by atoms with Gasteiger partial charge >= 0.3 is 0 Å². The van der Waals surface area contributed by atoms with Crippen molar-refractivity contribution in [1.29, 1.82) is 0 Å². The summed E-state index contributed by atoms with van der Waals surface area (Å²) >= 11 is 0. The maximum absolute atomic E-state index is 13.6. The highest BCUT2D eigenvalue weighted by atomic mass is 19.1. The lowest BCUT2D eigenvalue weighted by molar-refractivity contribution is 0.399. The number of hydrogen-bond donors (Lipinski definition) is 1. The van der Waals surface area contributed by atoms with Crippen molar-refractivity contribution >= 4 is 11.2 Å². The number of nitrogens with two attached hydrogens (primary N) is 1. The first-order valence-electron chi connectivity index (χ1n) is 7.19. The lowest BCUT2D eigenvalue weighted by atomic mass is 10.2. The third-order valence-electron chi connectivity index (χ3n) is 3.59. The SMILES string of the molecule is CC[C@H](N)c1nc2ccc(OC)nc2n1-c1cc(F)cc(F)c1. The van der Waals surface area contributed by atoms with Gasteiger partial charge in [-0.2, -0.15) is 4.98 Å². The summed E-state index contributed by atoms with van der Waals surface area (Å²) in [5, 5.41) is 0. The molecule has 23 heavy (non-hydrogen) atoms. The predicted octanol–water partition coefficient (Wildman–Crippen LogP) is 3.12. The van der Waals surface area contributed by atoms with Crippen LogP contribution in [-0.4, -0.2) is 21.6 Å². The fraction of sp³-hybridized carbons (Fsp3) is 0.250. The van der Waals surface area contributed by atoms with Crippen LogP contribution in [0.25, 0.3) is 16.9 Å². The third kappa shape index (κ3) is 2.75. The molecule has 5 nitrogen and oxygen atoms in total. The molecule has 7 heteroatoms. The Balaban J connectivity index is 2.34. The summed E-state index contributed by atoms with van der Waals surface area (Å²) in [5.41, 5.74) is 7.41. The van der Waals surface area contributed by atoms with Crippen LogP contribution in [0, 0.1) is 11.6 Å². The van der Waals surface area contributed by atoms with Crippen LogP contribution in [0.2, 0.25) is 0 Å². The van der Waals surface area contributed by atoms with Crippen molar-refractivity contribution in [3.05, 3.63) is 47.8 Å². The molecule has 0 bridgehead atoms. The Morgan fingerprint density at radius 3 is 2.48 bits per heavy atom. The summed E-state index contributed by atoms with van der Waals surface area (Å²) in [6, 6.07) is 6.28. The van der Waals surface area contributed by atoms with Gasteiger partial charge < -0.3 is 10.5 Å². The quantitative estimate of drug-likeness (QED) is 0.802. The fourth-order valence-electron chi connectivity index (χ4n) is 2.43. The zero-order valence-electron chi connectivity index (χ0n) is 12.8. The molecular formula is C16H16F2N4O. The summed E-state index contributed by atoms with van der Waals surface area (Å²) < 4.78 is 34.0. The Bertz CT molecular complexity index is 842. The van der Waals surface area contributed by atoms with Crippen molar-refractivity contribution in [2.45, 2.75) is 19.4 Å². The van der Waals surface area contributed by atoms with E-state index < -0.39 is 11.6 Å². The Hall–Kier alpha value is -2.54. The number of ether oxygens (including phenoxy) is 1. The molecule has 1 aromatic carbocycles. The fourth-order valence-corrected chi connectivity index (χ4v) is 2.43. The first-order chi connectivity index (χ1) is 11.0. The van der Waals surface area contributed by atoms with Gasteiger partial charge in [0.15, 0.2) is 5.65 Å². The molecule has 2 N–H and O–H groups in total. The number of hydrogen-bond acceptors (Lipinski definition) is 4. The molecule has 1 atom stereocenters. The largest absolute Gasteiger partial charge is 0.481 e. The van der Waals surface area contributed by atoms with E-state index in [0.717, 1.165) is 6.07 Å². The van der Waals surface area contributed by atoms with E-state index in [4.69, 9.17) is 10.5 Å². The van der Waals surface area contributed by atoms with E-state index in [2.05, 4.69) is 9.97 Å². The second-order valence-electron chi connectivity index (χ2n) is 5.14. The van der Waals surface area contributed by atoms with E-state index >= 15 is 0 Å². The minimum atomic E-state index is -0.680. The highest BCUT2D eigenvalue weighted by molar-refractivity contribution is 5.75. The molecule has 0 aliphatic carbocycles. The van der Waals surface area contributed by atoms with Gasteiger partial charge in [-0.1, -0.05) is 6.92 Å². The third-order valence-corrected chi connectivity index (χ3v) is 3.59. The molecule has 0 fully saturated rings. The van der Waals surface area contributed by atoms with Gasteiger partial charge in [0.05, 0.1) is 18.8 Å². The molecule has 0 unspecified atom stereocenters. The molecule has 0 saturated heterocycles. The number of fused-ring (bicyclic) bond motifs is 1. The van der Waals surface area contributed by atoms with Gasteiger partial charge in [-0.05, 0) is 24.6 Å². The van der Waals surface area contributed by atoms with Crippen molar-refractivity contribution in [3.8, 4) is 11.6 Å². The molecule has 0 spiro atoms. The molecular weight excluding hydrogens is 302 g/mol. The Labute approximate surface area is 131 Å². The van der Waals surface area contributed by atoms with Gasteiger partial charge in [0, 0.05) is 12.1 Å². The maximum Gasteiger partial charge on any atom is 0.215 e. The van der Waals surface area contributed by atoms with Crippen molar-refractivity contribution in [2.75, 3.05) is 7.11 Å². The zero-order chi connectivity index (χ0) is 16.6. The summed E-state index contributed by atoms with van der Waals surface area (Å²) in [7, 11) is 1.50. The lowest BCUT2D eigenvalue weighted by Crippen LogP contribution is -2.15. The number of nitrogens with zero attached hydrogens (tertiary/aromatic N) is 3. The van der Waals surface area contributed by atoms with Crippen molar-refractivity contribution in [2.24, 2.45) is 5.73 Å². The topological polar surface area (TPSA) is 66.0 Å². The van der Waals surface area contributed by atoms with Crippen LogP contribution in [0.3, 0.4) is 0 Å². The Kier molecular flexibility index (Phi) is 3.96. The van der Waals surface area contributed by atoms with Gasteiger partial charge in [-0.25, -0.2) is 13.8 Å². The molecule has 0 aliphatic rings. The lowest BCUT2D eigenvalue weighted by Gasteiger charge is -2.13. The predicted molar refractivity (Wildman–Crippen MR) is 82.6 cm³/mol. The first kappa shape index (κ1) is 15.4. The van der Waals surface area contributed by atoms with E-state index in [1.807, 2.05) is 6.92 Å². The highest BCUT2D eigenvalue weighted by Crippen LogP contribution is 2.27. The highest BCUT2D eigenvalue weighted by Gasteiger charge is 2.19. The summed E-state index contributed by atoms with van der Waals surface area (Å²) in [6.07, 6.45) is 0.623. The second-order valence-corrected chi connectivity index (χ2v) is 5.14. The van der Waals surface area contributed by atoms with Crippen LogP contribution < -0.4 is 10.5 Å². The van der Waals surface area contributed by atoms with E-state index in [1.54, 1.807) is 16.7 Å². The van der Waals surface area contributed by atoms with Crippen LogP contribution in [-0.2, 0) is 0 Å². The molecule has 0 amide bonds. The molecule has 3 aromatic rings. The number of halogens is 2. The Morgan fingerprint density at radius 2 is 1.87 bits per heavy atom. The minimum Gasteiger partial charge on any atom is -0.481 e. The number of pyridine rings is 1. The van der Waals surface area contributed by atoms with Crippen LogP contribution in [0.4, 0.5) is 8.78 Å². The molecule has 0 radical (unpaired) electrons. The minimum absolute atomic E-state index is 0.282. The molecule has 120 valence electrons. The molecule has 2 aromatic heterocycles. The Morgan fingerprint density at radius 1 is 1.17 bits per heavy atom. The van der Waals surface area contributed by atoms with Crippen molar-refractivity contribution in [3.63, 3.8) is 0 Å². The number of methoxy groups -OCH3 is 1. The summed E-state index contributed by atoms with van der Waals surface area (Å²) in [4.78, 5) is 8.81. The summed E-state index contributed by atoms with van der Waals surface area (Å²) in [6.45, 7) is 1.91. The molecule has 2 heterocycles. The van der Waals surface area contributed by atoms with Gasteiger partial charge in [-0.15, -0.1) is 0 Å². The average Bonchev–Trinajstić information content (AvgIpc) is 2.91. The standard InChI is InChI=1S/C16H16F2N4O/c1-3-12(19)15-20-13-4-5-14(23-2)21-16(13)22(15)11-7-9(17)6-10(18)8-11/h4-8,12H,3,19H2,1-2H3/t12-/m0/s1. The summed E-state index contributed by atoms with van der Waals surface area (Å²) in [5.74, 6) is -0.484. The zero-order valence-corrected chi connectivity index (χ0v) is 12.8. The van der Waals surface area contributed by atoms with Crippen LogP contribution in [0.15, 0.2) is 30.3 Å².